The molecule has 1 atom stereocenters. The number of hydrogen-bond acceptors (Lipinski definition) is 3. The molecule has 2 N–H and O–H groups in total. The molecule has 5 heteroatoms. The third-order valence-corrected chi connectivity index (χ3v) is 2.41. The molecule has 74 valence electrons. The van der Waals surface area contributed by atoms with Crippen LogP contribution in [-0.2, 0) is 10.3 Å². The molecule has 1 saturated heterocycles. The van der Waals surface area contributed by atoms with Gasteiger partial charge in [-0.05, 0) is 18.6 Å². The fourth-order valence-electron chi connectivity index (χ4n) is 1.61. The highest BCUT2D eigenvalue weighted by molar-refractivity contribution is 6.07. The first-order valence-electron chi connectivity index (χ1n) is 4.36. The number of hydrogen-bond donors (Lipinski definition) is 2. The van der Waals surface area contributed by atoms with Crippen LogP contribution in [0.25, 0.3) is 0 Å². The minimum absolute atomic E-state index is 0.361. The lowest BCUT2D eigenvalue weighted by molar-refractivity contribution is -0.125. The van der Waals surface area contributed by atoms with Gasteiger partial charge in [-0.2, -0.15) is 0 Å². The quantitative estimate of drug-likeness (QED) is 0.681. The Hall–Kier alpha value is -1.78. The monoisotopic (exact) mass is 194 g/mol. The average molecular weight is 194 g/mol. The van der Waals surface area contributed by atoms with E-state index in [0.29, 0.717) is 12.2 Å². The van der Waals surface area contributed by atoms with Crippen LogP contribution in [-0.4, -0.2) is 11.9 Å². The maximum atomic E-state index is 11.6. The summed E-state index contributed by atoms with van der Waals surface area (Å²) in [7, 11) is 0. The fraction of sp³-hybridized carbons (Fsp3) is 0.333. The number of imide groups is 1. The summed E-state index contributed by atoms with van der Waals surface area (Å²) in [5, 5.41) is 4.77. The smallest absolute Gasteiger partial charge is 0.322 e. The van der Waals surface area contributed by atoms with E-state index >= 15 is 0 Å². The second kappa shape index (κ2) is 2.87. The predicted molar refractivity (Wildman–Crippen MR) is 47.4 cm³/mol. The molecule has 0 radical (unpaired) electrons. The van der Waals surface area contributed by atoms with Crippen LogP contribution in [0.3, 0.4) is 0 Å². The Morgan fingerprint density at radius 1 is 1.50 bits per heavy atom. The number of nitrogens with one attached hydrogen (secondary N) is 2. The number of amides is 3. The number of rotatable bonds is 2. The van der Waals surface area contributed by atoms with Crippen molar-refractivity contribution >= 4 is 11.9 Å². The van der Waals surface area contributed by atoms with Crippen molar-refractivity contribution < 1.29 is 14.0 Å². The van der Waals surface area contributed by atoms with Gasteiger partial charge in [0.05, 0.1) is 6.26 Å². The molecule has 5 nitrogen and oxygen atoms in total. The van der Waals surface area contributed by atoms with Crippen LogP contribution in [0.15, 0.2) is 22.8 Å². The highest BCUT2D eigenvalue weighted by Gasteiger charge is 2.48. The molecule has 1 aromatic heterocycles. The zero-order valence-corrected chi connectivity index (χ0v) is 7.66. The molecule has 1 unspecified atom stereocenters. The number of urea groups is 1. The maximum Gasteiger partial charge on any atom is 0.322 e. The summed E-state index contributed by atoms with van der Waals surface area (Å²) in [6.07, 6.45) is 1.93. The van der Waals surface area contributed by atoms with Gasteiger partial charge in [-0.15, -0.1) is 0 Å². The van der Waals surface area contributed by atoms with E-state index in [1.807, 2.05) is 6.92 Å². The second-order valence-electron chi connectivity index (χ2n) is 3.14. The summed E-state index contributed by atoms with van der Waals surface area (Å²) in [5.41, 5.74) is -1.03. The second-order valence-corrected chi connectivity index (χ2v) is 3.14. The van der Waals surface area contributed by atoms with Gasteiger partial charge < -0.3 is 9.73 Å². The van der Waals surface area contributed by atoms with Crippen LogP contribution in [0, 0.1) is 0 Å². The third-order valence-electron chi connectivity index (χ3n) is 2.41. The topological polar surface area (TPSA) is 71.3 Å². The number of furan rings is 1. The Balaban J connectivity index is 2.45. The molecular weight excluding hydrogens is 184 g/mol. The lowest BCUT2D eigenvalue weighted by Crippen LogP contribution is -2.42. The zero-order chi connectivity index (χ0) is 10.2. The van der Waals surface area contributed by atoms with Gasteiger partial charge >= 0.3 is 6.03 Å². The van der Waals surface area contributed by atoms with Crippen molar-refractivity contribution in [3.05, 3.63) is 24.2 Å². The van der Waals surface area contributed by atoms with Crippen LogP contribution >= 0.6 is 0 Å². The van der Waals surface area contributed by atoms with E-state index in [0.717, 1.165) is 0 Å². The van der Waals surface area contributed by atoms with Gasteiger partial charge in [0.2, 0.25) is 0 Å². The molecule has 2 heterocycles. The normalized spacial score (nSPS) is 26.1. The van der Waals surface area contributed by atoms with Gasteiger partial charge in [-0.3, -0.25) is 10.1 Å². The van der Waals surface area contributed by atoms with E-state index in [2.05, 4.69) is 10.6 Å². The summed E-state index contributed by atoms with van der Waals surface area (Å²) in [5.74, 6) is 0.100. The standard InChI is InChI=1S/C9H10N2O3/c1-2-9(6-4-3-5-14-6)7(12)10-8(13)11-9/h3-5H,2H2,1H3,(H2,10,11,12,13). The first-order chi connectivity index (χ1) is 6.69. The molecule has 0 bridgehead atoms. The van der Waals surface area contributed by atoms with E-state index in [9.17, 15) is 9.59 Å². The van der Waals surface area contributed by atoms with Gasteiger partial charge in [0.1, 0.15) is 5.76 Å². The molecule has 0 saturated carbocycles. The number of carbonyl (C=O) groups excluding carboxylic acids is 2. The van der Waals surface area contributed by atoms with E-state index in [-0.39, 0.29) is 5.91 Å². The molecule has 0 aliphatic carbocycles. The summed E-state index contributed by atoms with van der Waals surface area (Å²) in [6, 6.07) is 2.88. The van der Waals surface area contributed by atoms with Crippen molar-refractivity contribution in [2.75, 3.05) is 0 Å². The van der Waals surface area contributed by atoms with Gasteiger partial charge in [0.15, 0.2) is 5.54 Å². The van der Waals surface area contributed by atoms with Crippen molar-refractivity contribution in [3.8, 4) is 0 Å². The Kier molecular flexibility index (Phi) is 1.80. The molecule has 0 spiro atoms. The Morgan fingerprint density at radius 2 is 2.29 bits per heavy atom. The van der Waals surface area contributed by atoms with Crippen molar-refractivity contribution in [2.24, 2.45) is 0 Å². The summed E-state index contributed by atoms with van der Waals surface area (Å²) >= 11 is 0. The SMILES string of the molecule is CCC1(c2ccco2)NC(=O)NC1=O. The van der Waals surface area contributed by atoms with Crippen LogP contribution in [0.2, 0.25) is 0 Å². The van der Waals surface area contributed by atoms with E-state index in [1.54, 1.807) is 12.1 Å². The summed E-state index contributed by atoms with van der Waals surface area (Å²) in [6.45, 7) is 1.81. The highest BCUT2D eigenvalue weighted by Crippen LogP contribution is 2.28. The molecule has 1 aliphatic rings. The Morgan fingerprint density at radius 3 is 2.71 bits per heavy atom. The molecule has 14 heavy (non-hydrogen) atoms. The maximum absolute atomic E-state index is 11.6. The highest BCUT2D eigenvalue weighted by atomic mass is 16.3. The lowest BCUT2D eigenvalue weighted by atomic mass is 9.93. The molecule has 3 amide bonds. The van der Waals surface area contributed by atoms with E-state index in [4.69, 9.17) is 4.42 Å². The van der Waals surface area contributed by atoms with E-state index in [1.165, 1.54) is 6.26 Å². The van der Waals surface area contributed by atoms with Crippen LogP contribution < -0.4 is 10.6 Å². The molecular formula is C9H10N2O3. The van der Waals surface area contributed by atoms with Crippen molar-refractivity contribution in [1.29, 1.82) is 0 Å². The Bertz CT molecular complexity index is 371. The van der Waals surface area contributed by atoms with Gasteiger partial charge in [-0.25, -0.2) is 4.79 Å². The van der Waals surface area contributed by atoms with Crippen LogP contribution in [0.1, 0.15) is 19.1 Å². The van der Waals surface area contributed by atoms with Crippen molar-refractivity contribution in [2.45, 2.75) is 18.9 Å². The minimum atomic E-state index is -1.03. The van der Waals surface area contributed by atoms with Crippen molar-refractivity contribution in [3.63, 3.8) is 0 Å². The molecule has 2 rings (SSSR count). The van der Waals surface area contributed by atoms with Crippen LogP contribution in [0.5, 0.6) is 0 Å². The molecule has 1 aliphatic heterocycles. The van der Waals surface area contributed by atoms with Gasteiger partial charge in [-0.1, -0.05) is 6.92 Å². The lowest BCUT2D eigenvalue weighted by Gasteiger charge is -2.21. The predicted octanol–water partition coefficient (Wildman–Crippen LogP) is 0.724. The van der Waals surface area contributed by atoms with Crippen LogP contribution in [0.4, 0.5) is 4.79 Å². The minimum Gasteiger partial charge on any atom is -0.466 e. The van der Waals surface area contributed by atoms with Gasteiger partial charge in [0.25, 0.3) is 5.91 Å². The average Bonchev–Trinajstić information content (AvgIpc) is 2.73. The molecule has 1 fully saturated rings. The van der Waals surface area contributed by atoms with Gasteiger partial charge in [0, 0.05) is 0 Å². The first kappa shape index (κ1) is 8.80. The van der Waals surface area contributed by atoms with E-state index < -0.39 is 11.6 Å². The fourth-order valence-corrected chi connectivity index (χ4v) is 1.61. The molecule has 1 aromatic rings. The third kappa shape index (κ3) is 1.02. The molecule has 0 aromatic carbocycles. The largest absolute Gasteiger partial charge is 0.466 e. The summed E-state index contributed by atoms with van der Waals surface area (Å²) < 4.78 is 5.15. The Labute approximate surface area is 80.5 Å². The van der Waals surface area contributed by atoms with Crippen molar-refractivity contribution in [1.82, 2.24) is 10.6 Å². The summed E-state index contributed by atoms with van der Waals surface area (Å²) in [4.78, 5) is 22.6. The zero-order valence-electron chi connectivity index (χ0n) is 7.66. The number of carbonyl (C=O) groups is 2. The first-order valence-corrected chi connectivity index (χ1v) is 4.36.